The van der Waals surface area contributed by atoms with Crippen molar-refractivity contribution in [3.63, 3.8) is 0 Å². The van der Waals surface area contributed by atoms with Gasteiger partial charge in [-0.2, -0.15) is 0 Å². The highest BCUT2D eigenvalue weighted by Gasteiger charge is 2.23. The van der Waals surface area contributed by atoms with Crippen molar-refractivity contribution in [3.05, 3.63) is 24.0 Å². The van der Waals surface area contributed by atoms with E-state index < -0.39 is 5.97 Å². The van der Waals surface area contributed by atoms with E-state index in [0.29, 0.717) is 0 Å². The maximum absolute atomic E-state index is 10.9. The zero-order chi connectivity index (χ0) is 12.4. The second-order valence-corrected chi connectivity index (χ2v) is 4.40. The predicted octanol–water partition coefficient (Wildman–Crippen LogP) is 1.39. The van der Waals surface area contributed by atoms with Crippen LogP contribution < -0.4 is 4.90 Å². The Bertz CT molecular complexity index is 412. The molecule has 0 unspecified atom stereocenters. The summed E-state index contributed by atoms with van der Waals surface area (Å²) in [6, 6.07) is 1.65. The number of hydrogen-bond acceptors (Lipinski definition) is 4. The number of ether oxygens (including phenoxy) is 1. The average molecular weight is 236 g/mol. The van der Waals surface area contributed by atoms with Gasteiger partial charge in [0.25, 0.3) is 0 Å². The smallest absolute Gasteiger partial charge is 0.337 e. The molecule has 0 aromatic carbocycles. The molecule has 1 saturated heterocycles. The Balaban J connectivity index is 2.21. The molecule has 1 fully saturated rings. The van der Waals surface area contributed by atoms with Gasteiger partial charge in [0, 0.05) is 19.3 Å². The molecule has 0 bridgehead atoms. The van der Waals surface area contributed by atoms with Gasteiger partial charge in [-0.25, -0.2) is 4.79 Å². The summed E-state index contributed by atoms with van der Waals surface area (Å²) in [6.45, 7) is 5.54. The summed E-state index contributed by atoms with van der Waals surface area (Å²) in [6.07, 6.45) is 3.34. The molecule has 0 radical (unpaired) electrons. The third kappa shape index (κ3) is 2.74. The SMILES string of the molecule is C[C@@H]1CN(c2cncc(C(=O)O)c2)C[C@H](C)O1. The number of aromatic carboxylic acids is 1. The Kier molecular flexibility index (Phi) is 3.28. The van der Waals surface area contributed by atoms with Gasteiger partial charge in [-0.05, 0) is 19.9 Å². The summed E-state index contributed by atoms with van der Waals surface area (Å²) in [5.74, 6) is -0.950. The highest BCUT2D eigenvalue weighted by atomic mass is 16.5. The van der Waals surface area contributed by atoms with Gasteiger partial charge in [0.15, 0.2) is 0 Å². The molecule has 1 aliphatic heterocycles. The van der Waals surface area contributed by atoms with Crippen LogP contribution in [0.25, 0.3) is 0 Å². The summed E-state index contributed by atoms with van der Waals surface area (Å²) >= 11 is 0. The van der Waals surface area contributed by atoms with Gasteiger partial charge in [0.2, 0.25) is 0 Å². The third-order valence-corrected chi connectivity index (χ3v) is 2.76. The second kappa shape index (κ2) is 4.71. The van der Waals surface area contributed by atoms with Crippen molar-refractivity contribution in [1.29, 1.82) is 0 Å². The molecular formula is C12H16N2O3. The van der Waals surface area contributed by atoms with Crippen LogP contribution in [0.1, 0.15) is 24.2 Å². The molecule has 17 heavy (non-hydrogen) atoms. The van der Waals surface area contributed by atoms with Crippen LogP contribution in [0.4, 0.5) is 5.69 Å². The molecule has 0 saturated carbocycles. The van der Waals surface area contributed by atoms with Crippen molar-refractivity contribution >= 4 is 11.7 Å². The van der Waals surface area contributed by atoms with Crippen molar-refractivity contribution in [3.8, 4) is 0 Å². The van der Waals surface area contributed by atoms with Crippen LogP contribution in [0.3, 0.4) is 0 Å². The Morgan fingerprint density at radius 3 is 2.65 bits per heavy atom. The zero-order valence-corrected chi connectivity index (χ0v) is 9.96. The molecular weight excluding hydrogens is 220 g/mol. The van der Waals surface area contributed by atoms with Crippen molar-refractivity contribution in [2.45, 2.75) is 26.1 Å². The number of rotatable bonds is 2. The highest BCUT2D eigenvalue weighted by molar-refractivity contribution is 5.88. The topological polar surface area (TPSA) is 62.7 Å². The zero-order valence-electron chi connectivity index (χ0n) is 9.96. The minimum atomic E-state index is -0.950. The number of aromatic nitrogens is 1. The van der Waals surface area contributed by atoms with Gasteiger partial charge in [0.05, 0.1) is 29.7 Å². The van der Waals surface area contributed by atoms with E-state index in [0.717, 1.165) is 18.8 Å². The van der Waals surface area contributed by atoms with Crippen LogP contribution in [0, 0.1) is 0 Å². The van der Waals surface area contributed by atoms with E-state index in [-0.39, 0.29) is 17.8 Å². The fraction of sp³-hybridized carbons (Fsp3) is 0.500. The first-order valence-electron chi connectivity index (χ1n) is 5.65. The Hall–Kier alpha value is -1.62. The predicted molar refractivity (Wildman–Crippen MR) is 63.4 cm³/mol. The molecule has 2 atom stereocenters. The average Bonchev–Trinajstić information content (AvgIpc) is 2.28. The van der Waals surface area contributed by atoms with Crippen LogP contribution in [0.2, 0.25) is 0 Å². The number of nitrogens with zero attached hydrogens (tertiary/aromatic N) is 2. The van der Waals surface area contributed by atoms with Crippen LogP contribution in [-0.2, 0) is 4.74 Å². The van der Waals surface area contributed by atoms with Crippen LogP contribution >= 0.6 is 0 Å². The van der Waals surface area contributed by atoms with E-state index in [9.17, 15) is 4.79 Å². The molecule has 1 aliphatic rings. The van der Waals surface area contributed by atoms with E-state index >= 15 is 0 Å². The first kappa shape index (κ1) is 11.9. The number of carboxylic acids is 1. The molecule has 1 aromatic rings. The largest absolute Gasteiger partial charge is 0.478 e. The molecule has 5 heteroatoms. The van der Waals surface area contributed by atoms with Crippen LogP contribution in [0.15, 0.2) is 18.5 Å². The van der Waals surface area contributed by atoms with Gasteiger partial charge in [0.1, 0.15) is 0 Å². The molecule has 1 N–H and O–H groups in total. The van der Waals surface area contributed by atoms with E-state index in [1.54, 1.807) is 12.3 Å². The third-order valence-electron chi connectivity index (χ3n) is 2.76. The van der Waals surface area contributed by atoms with Crippen molar-refractivity contribution in [2.24, 2.45) is 0 Å². The van der Waals surface area contributed by atoms with Crippen LogP contribution in [-0.4, -0.2) is 41.4 Å². The molecule has 92 valence electrons. The van der Waals surface area contributed by atoms with Crippen molar-refractivity contribution in [2.75, 3.05) is 18.0 Å². The standard InChI is InChI=1S/C12H16N2O3/c1-8-6-14(7-9(2)17-8)11-3-10(12(15)16)4-13-5-11/h3-5,8-9H,6-7H2,1-2H3,(H,15,16)/t8-,9+. The minimum Gasteiger partial charge on any atom is -0.478 e. The van der Waals surface area contributed by atoms with Gasteiger partial charge in [-0.1, -0.05) is 0 Å². The number of carboxylic acid groups (broad SMARTS) is 1. The summed E-state index contributed by atoms with van der Waals surface area (Å²) in [4.78, 5) is 17.0. The number of morpholine rings is 1. The molecule has 0 amide bonds. The minimum absolute atomic E-state index is 0.146. The Morgan fingerprint density at radius 2 is 2.06 bits per heavy atom. The molecule has 5 nitrogen and oxygen atoms in total. The molecule has 0 spiro atoms. The maximum Gasteiger partial charge on any atom is 0.337 e. The Morgan fingerprint density at radius 1 is 1.41 bits per heavy atom. The number of carbonyl (C=O) groups is 1. The molecule has 2 heterocycles. The maximum atomic E-state index is 10.9. The lowest BCUT2D eigenvalue weighted by molar-refractivity contribution is -0.00523. The fourth-order valence-corrected chi connectivity index (χ4v) is 2.11. The quantitative estimate of drug-likeness (QED) is 0.840. The number of anilines is 1. The summed E-state index contributed by atoms with van der Waals surface area (Å²) in [7, 11) is 0. The second-order valence-electron chi connectivity index (χ2n) is 4.40. The van der Waals surface area contributed by atoms with E-state index in [2.05, 4.69) is 9.88 Å². The van der Waals surface area contributed by atoms with Gasteiger partial charge in [-0.15, -0.1) is 0 Å². The lowest BCUT2D eigenvalue weighted by atomic mass is 10.2. The van der Waals surface area contributed by atoms with Crippen molar-refractivity contribution in [1.82, 2.24) is 4.98 Å². The van der Waals surface area contributed by atoms with Crippen molar-refractivity contribution < 1.29 is 14.6 Å². The number of pyridine rings is 1. The molecule has 1 aromatic heterocycles. The first-order chi connectivity index (χ1) is 8.06. The van der Waals surface area contributed by atoms with Gasteiger partial charge < -0.3 is 14.7 Å². The summed E-state index contributed by atoms with van der Waals surface area (Å²) < 4.78 is 5.64. The lowest BCUT2D eigenvalue weighted by Crippen LogP contribution is -2.45. The van der Waals surface area contributed by atoms with E-state index in [1.165, 1.54) is 6.20 Å². The lowest BCUT2D eigenvalue weighted by Gasteiger charge is -2.36. The van der Waals surface area contributed by atoms with E-state index in [1.807, 2.05) is 13.8 Å². The van der Waals surface area contributed by atoms with Crippen LogP contribution in [0.5, 0.6) is 0 Å². The fourth-order valence-electron chi connectivity index (χ4n) is 2.11. The molecule has 0 aliphatic carbocycles. The normalized spacial score (nSPS) is 24.7. The molecule has 2 rings (SSSR count). The summed E-state index contributed by atoms with van der Waals surface area (Å²) in [5, 5.41) is 8.93. The van der Waals surface area contributed by atoms with E-state index in [4.69, 9.17) is 9.84 Å². The highest BCUT2D eigenvalue weighted by Crippen LogP contribution is 2.20. The van der Waals surface area contributed by atoms with Gasteiger partial charge in [-0.3, -0.25) is 4.98 Å². The number of hydrogen-bond donors (Lipinski definition) is 1. The monoisotopic (exact) mass is 236 g/mol. The first-order valence-corrected chi connectivity index (χ1v) is 5.65. The summed E-state index contributed by atoms with van der Waals surface area (Å²) in [5.41, 5.74) is 1.06. The Labute approximate surface area is 100 Å². The van der Waals surface area contributed by atoms with Gasteiger partial charge >= 0.3 is 5.97 Å².